The average Bonchev–Trinajstić information content (AvgIpc) is 2.66. The molecule has 2 rings (SSSR count). The Morgan fingerprint density at radius 3 is 2.55 bits per heavy atom. The number of guanidine groups is 1. The van der Waals surface area contributed by atoms with Crippen LogP contribution >= 0.6 is 35.6 Å². The molecule has 0 aliphatic carbocycles. The van der Waals surface area contributed by atoms with Gasteiger partial charge in [-0.05, 0) is 24.1 Å². The standard InChI is InChI=1S/C19H29ClF2N4O2.HI/c1-13(2)16(26-6-8-27-9-7-26)12-25-19(23-3)24-11-14-10-15(20)4-5-17(14)28-18(21)22;/h4-5,10,13,16,18H,6-9,11-12H2,1-3H3,(H2,23,24,25);1H. The zero-order valence-electron chi connectivity index (χ0n) is 17.0. The second-order valence-corrected chi connectivity index (χ2v) is 7.33. The lowest BCUT2D eigenvalue weighted by Gasteiger charge is -2.37. The zero-order chi connectivity index (χ0) is 20.5. The number of hydrogen-bond donors (Lipinski definition) is 2. The third-order valence-corrected chi connectivity index (χ3v) is 4.91. The van der Waals surface area contributed by atoms with Crippen molar-refractivity contribution >= 4 is 41.5 Å². The summed E-state index contributed by atoms with van der Waals surface area (Å²) in [7, 11) is 1.67. The molecule has 1 fully saturated rings. The molecule has 1 aromatic rings. The monoisotopic (exact) mass is 546 g/mol. The van der Waals surface area contributed by atoms with Crippen LogP contribution in [0.2, 0.25) is 5.02 Å². The number of benzene rings is 1. The summed E-state index contributed by atoms with van der Waals surface area (Å²) in [6.45, 7) is 5.78. The van der Waals surface area contributed by atoms with Crippen molar-refractivity contribution in [2.24, 2.45) is 10.9 Å². The third-order valence-electron chi connectivity index (χ3n) is 4.67. The first-order valence-electron chi connectivity index (χ1n) is 9.40. The summed E-state index contributed by atoms with van der Waals surface area (Å²) < 4.78 is 35.2. The molecule has 166 valence electrons. The molecule has 0 bridgehead atoms. The van der Waals surface area contributed by atoms with Crippen LogP contribution in [0.15, 0.2) is 23.2 Å². The van der Waals surface area contributed by atoms with Gasteiger partial charge < -0.3 is 20.1 Å². The van der Waals surface area contributed by atoms with Crippen molar-refractivity contribution in [2.75, 3.05) is 39.9 Å². The van der Waals surface area contributed by atoms with Gasteiger partial charge in [0.05, 0.1) is 13.2 Å². The number of aliphatic imine (C=N–C) groups is 1. The summed E-state index contributed by atoms with van der Waals surface area (Å²) in [4.78, 5) is 6.64. The van der Waals surface area contributed by atoms with Crippen molar-refractivity contribution in [1.82, 2.24) is 15.5 Å². The van der Waals surface area contributed by atoms with E-state index in [1.165, 1.54) is 12.1 Å². The minimum atomic E-state index is -2.89. The molecule has 0 spiro atoms. The molecule has 1 aliphatic heterocycles. The Balaban J connectivity index is 0.00000420. The zero-order valence-corrected chi connectivity index (χ0v) is 20.0. The minimum Gasteiger partial charge on any atom is -0.434 e. The lowest BCUT2D eigenvalue weighted by atomic mass is 10.0. The number of nitrogens with one attached hydrogen (secondary N) is 2. The van der Waals surface area contributed by atoms with E-state index >= 15 is 0 Å². The first-order valence-corrected chi connectivity index (χ1v) is 9.78. The third kappa shape index (κ3) is 8.77. The van der Waals surface area contributed by atoms with Gasteiger partial charge >= 0.3 is 6.61 Å². The van der Waals surface area contributed by atoms with Crippen molar-refractivity contribution < 1.29 is 18.3 Å². The van der Waals surface area contributed by atoms with E-state index in [2.05, 4.69) is 39.1 Å². The molecule has 1 heterocycles. The maximum atomic E-state index is 12.6. The molecule has 29 heavy (non-hydrogen) atoms. The molecular weight excluding hydrogens is 517 g/mol. The van der Waals surface area contributed by atoms with E-state index in [9.17, 15) is 8.78 Å². The normalized spacial score (nSPS) is 16.5. The van der Waals surface area contributed by atoms with Gasteiger partial charge in [0.2, 0.25) is 0 Å². The number of nitrogens with zero attached hydrogens (tertiary/aromatic N) is 2. The molecule has 6 nitrogen and oxygen atoms in total. The van der Waals surface area contributed by atoms with E-state index in [1.54, 1.807) is 13.1 Å². The van der Waals surface area contributed by atoms with E-state index in [4.69, 9.17) is 16.3 Å². The number of halogens is 4. The Morgan fingerprint density at radius 1 is 1.28 bits per heavy atom. The van der Waals surface area contributed by atoms with E-state index in [-0.39, 0.29) is 36.3 Å². The topological polar surface area (TPSA) is 58.1 Å². The maximum absolute atomic E-state index is 12.6. The van der Waals surface area contributed by atoms with Crippen LogP contribution in [0.4, 0.5) is 8.78 Å². The lowest BCUT2D eigenvalue weighted by molar-refractivity contribution is -0.0504. The SMILES string of the molecule is CN=C(NCc1cc(Cl)ccc1OC(F)F)NCC(C(C)C)N1CCOCC1.I. The number of rotatable bonds is 8. The van der Waals surface area contributed by atoms with Crippen LogP contribution in [0, 0.1) is 5.92 Å². The van der Waals surface area contributed by atoms with Gasteiger partial charge in [-0.15, -0.1) is 24.0 Å². The Hall–Kier alpha value is -0.910. The number of alkyl halides is 2. The highest BCUT2D eigenvalue weighted by molar-refractivity contribution is 14.0. The molecule has 0 saturated carbocycles. The van der Waals surface area contributed by atoms with Gasteiger partial charge in [0.1, 0.15) is 5.75 Å². The van der Waals surface area contributed by atoms with E-state index < -0.39 is 6.61 Å². The molecule has 1 saturated heterocycles. The molecule has 1 atom stereocenters. The van der Waals surface area contributed by atoms with Crippen LogP contribution in [0.5, 0.6) is 5.75 Å². The van der Waals surface area contributed by atoms with Crippen LogP contribution in [-0.4, -0.2) is 63.4 Å². The largest absolute Gasteiger partial charge is 0.434 e. The Labute approximate surface area is 193 Å². The number of morpholine rings is 1. The van der Waals surface area contributed by atoms with E-state index in [0.29, 0.717) is 35.1 Å². The molecule has 1 aliphatic rings. The average molecular weight is 547 g/mol. The van der Waals surface area contributed by atoms with Gasteiger partial charge in [0.25, 0.3) is 0 Å². The van der Waals surface area contributed by atoms with Crippen LogP contribution in [0.25, 0.3) is 0 Å². The van der Waals surface area contributed by atoms with Crippen molar-refractivity contribution in [2.45, 2.75) is 33.0 Å². The molecule has 1 unspecified atom stereocenters. The van der Waals surface area contributed by atoms with Crippen molar-refractivity contribution in [3.05, 3.63) is 28.8 Å². The number of ether oxygens (including phenoxy) is 2. The molecule has 0 amide bonds. The van der Waals surface area contributed by atoms with Crippen molar-refractivity contribution in [1.29, 1.82) is 0 Å². The quantitative estimate of drug-likeness (QED) is 0.297. The van der Waals surface area contributed by atoms with Crippen molar-refractivity contribution in [3.63, 3.8) is 0 Å². The summed E-state index contributed by atoms with van der Waals surface area (Å²) in [5, 5.41) is 6.92. The van der Waals surface area contributed by atoms with Gasteiger partial charge in [0, 0.05) is 49.9 Å². The summed E-state index contributed by atoms with van der Waals surface area (Å²) >= 11 is 5.99. The molecule has 10 heteroatoms. The van der Waals surface area contributed by atoms with Gasteiger partial charge in [-0.25, -0.2) is 0 Å². The second-order valence-electron chi connectivity index (χ2n) is 6.90. The highest BCUT2D eigenvalue weighted by atomic mass is 127. The van der Waals surface area contributed by atoms with E-state index in [1.807, 2.05) is 0 Å². The van der Waals surface area contributed by atoms with Gasteiger partial charge in [-0.1, -0.05) is 25.4 Å². The van der Waals surface area contributed by atoms with Gasteiger partial charge in [0.15, 0.2) is 5.96 Å². The molecule has 1 aromatic carbocycles. The lowest BCUT2D eigenvalue weighted by Crippen LogP contribution is -2.52. The fraction of sp³-hybridized carbons (Fsp3) is 0.632. The maximum Gasteiger partial charge on any atom is 0.387 e. The molecule has 2 N–H and O–H groups in total. The smallest absolute Gasteiger partial charge is 0.387 e. The fourth-order valence-electron chi connectivity index (χ4n) is 3.19. The van der Waals surface area contributed by atoms with Gasteiger partial charge in [-0.2, -0.15) is 8.78 Å². The highest BCUT2D eigenvalue weighted by Gasteiger charge is 2.24. The van der Waals surface area contributed by atoms with Gasteiger partial charge in [-0.3, -0.25) is 9.89 Å². The minimum absolute atomic E-state index is 0. The fourth-order valence-corrected chi connectivity index (χ4v) is 3.39. The first kappa shape index (κ1) is 26.1. The molecular formula is C19H30ClF2IN4O2. The summed E-state index contributed by atoms with van der Waals surface area (Å²) in [5.41, 5.74) is 0.532. The highest BCUT2D eigenvalue weighted by Crippen LogP contribution is 2.24. The van der Waals surface area contributed by atoms with Crippen molar-refractivity contribution in [3.8, 4) is 5.75 Å². The summed E-state index contributed by atoms with van der Waals surface area (Å²) in [6.07, 6.45) is 0. The Bertz CT molecular complexity index is 647. The molecule has 0 radical (unpaired) electrons. The van der Waals surface area contributed by atoms with Crippen LogP contribution in [0.1, 0.15) is 19.4 Å². The predicted octanol–water partition coefficient (Wildman–Crippen LogP) is 3.58. The Kier molecular flexibility index (Phi) is 12.1. The van der Waals surface area contributed by atoms with E-state index in [0.717, 1.165) is 26.3 Å². The number of hydrogen-bond acceptors (Lipinski definition) is 4. The van der Waals surface area contributed by atoms with Crippen LogP contribution < -0.4 is 15.4 Å². The van der Waals surface area contributed by atoms with Crippen LogP contribution in [0.3, 0.4) is 0 Å². The van der Waals surface area contributed by atoms with Crippen LogP contribution in [-0.2, 0) is 11.3 Å². The Morgan fingerprint density at radius 2 is 1.97 bits per heavy atom. The molecule has 0 aromatic heterocycles. The summed E-state index contributed by atoms with van der Waals surface area (Å²) in [5.74, 6) is 1.14. The predicted molar refractivity (Wildman–Crippen MR) is 123 cm³/mol. The summed E-state index contributed by atoms with van der Waals surface area (Å²) in [6, 6.07) is 4.90. The second kappa shape index (κ2) is 13.4. The first-order chi connectivity index (χ1) is 13.4.